The smallest absolute Gasteiger partial charge is 0.253 e. The summed E-state index contributed by atoms with van der Waals surface area (Å²) in [5, 5.41) is 12.8. The van der Waals surface area contributed by atoms with Crippen LogP contribution in [0.2, 0.25) is 0 Å². The van der Waals surface area contributed by atoms with Gasteiger partial charge in [-0.25, -0.2) is 0 Å². The van der Waals surface area contributed by atoms with Crippen molar-refractivity contribution in [2.45, 2.75) is 64.7 Å². The van der Waals surface area contributed by atoms with Crippen molar-refractivity contribution in [3.05, 3.63) is 45.2 Å². The van der Waals surface area contributed by atoms with Crippen LogP contribution >= 0.6 is 0 Å². The molecular weight excluding hydrogens is 398 g/mol. The van der Waals surface area contributed by atoms with Crippen molar-refractivity contribution < 1.29 is 9.59 Å². The highest BCUT2D eigenvalue weighted by molar-refractivity contribution is 5.94. The number of hydrogen-bond donors (Lipinski definition) is 2. The summed E-state index contributed by atoms with van der Waals surface area (Å²) in [4.78, 5) is 47.4. The number of aldehydes is 1. The number of hydrogen-bond acceptors (Lipinski definition) is 8. The predicted octanol–water partition coefficient (Wildman–Crippen LogP) is 2.99. The Bertz CT molecular complexity index is 717. The Labute approximate surface area is 184 Å². The van der Waals surface area contributed by atoms with E-state index in [1.54, 1.807) is 43.0 Å². The average Bonchev–Trinajstić information content (AvgIpc) is 2.76. The van der Waals surface area contributed by atoms with Crippen molar-refractivity contribution in [3.63, 3.8) is 0 Å². The SMILES string of the molecule is CC(N=O)C(C)(C)NCCN(CCNC(C)(C)C(C)N=O)C(=O)c1ccc(C=O)cc1. The molecule has 0 spiro atoms. The lowest BCUT2D eigenvalue weighted by molar-refractivity contribution is 0.0749. The van der Waals surface area contributed by atoms with Gasteiger partial charge in [0.15, 0.2) is 0 Å². The molecule has 1 aromatic rings. The first-order valence-electron chi connectivity index (χ1n) is 10.5. The minimum absolute atomic E-state index is 0.167. The Hall–Kier alpha value is -2.52. The monoisotopic (exact) mass is 433 g/mol. The molecule has 0 aromatic heterocycles. The van der Waals surface area contributed by atoms with E-state index in [0.29, 0.717) is 37.3 Å². The Balaban J connectivity index is 2.87. The largest absolute Gasteiger partial charge is 0.336 e. The Kier molecular flexibility index (Phi) is 10.1. The maximum absolute atomic E-state index is 13.1. The molecule has 2 unspecified atom stereocenters. The minimum Gasteiger partial charge on any atom is -0.336 e. The second-order valence-corrected chi connectivity index (χ2v) is 8.89. The molecule has 31 heavy (non-hydrogen) atoms. The predicted molar refractivity (Wildman–Crippen MR) is 122 cm³/mol. The summed E-state index contributed by atoms with van der Waals surface area (Å²) in [6.45, 7) is 12.8. The lowest BCUT2D eigenvalue weighted by Crippen LogP contribution is -2.52. The van der Waals surface area contributed by atoms with Crippen LogP contribution in [0.25, 0.3) is 0 Å². The Morgan fingerprint density at radius 1 is 0.935 bits per heavy atom. The number of nitroso groups, excluding NO2 is 2. The molecule has 172 valence electrons. The van der Waals surface area contributed by atoms with Crippen molar-refractivity contribution in [2.75, 3.05) is 26.2 Å². The van der Waals surface area contributed by atoms with Gasteiger partial charge in [0.05, 0.1) is 0 Å². The van der Waals surface area contributed by atoms with E-state index in [1.165, 1.54) is 0 Å². The van der Waals surface area contributed by atoms with Crippen molar-refractivity contribution in [1.82, 2.24) is 15.5 Å². The fraction of sp³-hybridized carbons (Fsp3) is 0.636. The number of carbonyl (C=O) groups is 2. The molecule has 0 radical (unpaired) electrons. The zero-order valence-corrected chi connectivity index (χ0v) is 19.3. The van der Waals surface area contributed by atoms with Crippen LogP contribution in [-0.4, -0.2) is 66.4 Å². The number of rotatable bonds is 14. The molecule has 0 saturated carbocycles. The third-order valence-corrected chi connectivity index (χ3v) is 5.91. The van der Waals surface area contributed by atoms with E-state index >= 15 is 0 Å². The molecule has 9 nitrogen and oxygen atoms in total. The summed E-state index contributed by atoms with van der Waals surface area (Å²) in [5.74, 6) is -0.167. The highest BCUT2D eigenvalue weighted by Crippen LogP contribution is 2.13. The summed E-state index contributed by atoms with van der Waals surface area (Å²) in [5.41, 5.74) is -0.0311. The molecule has 1 amide bonds. The minimum atomic E-state index is -0.507. The van der Waals surface area contributed by atoms with Crippen LogP contribution in [0.15, 0.2) is 34.6 Å². The van der Waals surface area contributed by atoms with Gasteiger partial charge in [0.2, 0.25) is 0 Å². The van der Waals surface area contributed by atoms with E-state index in [-0.39, 0.29) is 5.91 Å². The molecule has 1 rings (SSSR count). The second kappa shape index (κ2) is 11.8. The Morgan fingerprint density at radius 2 is 1.35 bits per heavy atom. The fourth-order valence-corrected chi connectivity index (χ4v) is 2.79. The first-order valence-corrected chi connectivity index (χ1v) is 10.5. The van der Waals surface area contributed by atoms with Crippen LogP contribution in [0.4, 0.5) is 0 Å². The quantitative estimate of drug-likeness (QED) is 0.344. The maximum Gasteiger partial charge on any atom is 0.253 e. The lowest BCUT2D eigenvalue weighted by atomic mass is 9.97. The van der Waals surface area contributed by atoms with Crippen LogP contribution in [-0.2, 0) is 0 Å². The van der Waals surface area contributed by atoms with Gasteiger partial charge in [-0.1, -0.05) is 22.5 Å². The molecule has 0 aliphatic carbocycles. The van der Waals surface area contributed by atoms with Gasteiger partial charge in [-0.2, -0.15) is 9.81 Å². The third-order valence-electron chi connectivity index (χ3n) is 5.91. The van der Waals surface area contributed by atoms with Crippen molar-refractivity contribution in [1.29, 1.82) is 0 Å². The molecule has 2 N–H and O–H groups in total. The third kappa shape index (κ3) is 7.91. The molecule has 0 saturated heterocycles. The maximum atomic E-state index is 13.1. The fourth-order valence-electron chi connectivity index (χ4n) is 2.79. The van der Waals surface area contributed by atoms with Gasteiger partial charge in [-0.15, -0.1) is 0 Å². The molecule has 1 aromatic carbocycles. The average molecular weight is 434 g/mol. The first kappa shape index (κ1) is 26.5. The summed E-state index contributed by atoms with van der Waals surface area (Å²) < 4.78 is 0. The molecule has 9 heteroatoms. The Morgan fingerprint density at radius 3 is 1.71 bits per heavy atom. The second-order valence-electron chi connectivity index (χ2n) is 8.89. The van der Waals surface area contributed by atoms with Crippen molar-refractivity contribution >= 4 is 12.2 Å². The topological polar surface area (TPSA) is 120 Å². The van der Waals surface area contributed by atoms with Crippen LogP contribution in [0, 0.1) is 9.81 Å². The van der Waals surface area contributed by atoms with Crippen molar-refractivity contribution in [2.24, 2.45) is 10.4 Å². The van der Waals surface area contributed by atoms with E-state index in [2.05, 4.69) is 21.0 Å². The summed E-state index contributed by atoms with van der Waals surface area (Å²) in [7, 11) is 0. The normalized spacial score (nSPS) is 13.9. The summed E-state index contributed by atoms with van der Waals surface area (Å²) in [6, 6.07) is 5.63. The summed E-state index contributed by atoms with van der Waals surface area (Å²) >= 11 is 0. The highest BCUT2D eigenvalue weighted by atomic mass is 16.3. The van der Waals surface area contributed by atoms with Crippen LogP contribution in [0.1, 0.15) is 62.3 Å². The molecule has 2 atom stereocenters. The van der Waals surface area contributed by atoms with Crippen LogP contribution in [0.3, 0.4) is 0 Å². The van der Waals surface area contributed by atoms with E-state index in [9.17, 15) is 19.4 Å². The standard InChI is InChI=1S/C22H35N5O4/c1-16(25-30)21(3,4)23-11-13-27(14-12-24-22(5,6)17(2)26-31)20(29)19-9-7-18(15-28)8-10-19/h7-10,15-17,23-24H,11-14H2,1-6H3. The van der Waals surface area contributed by atoms with Crippen molar-refractivity contribution in [3.8, 4) is 0 Å². The highest BCUT2D eigenvalue weighted by Gasteiger charge is 2.28. The van der Waals surface area contributed by atoms with Gasteiger partial charge in [0.1, 0.15) is 18.4 Å². The van der Waals surface area contributed by atoms with E-state index in [0.717, 1.165) is 6.29 Å². The van der Waals surface area contributed by atoms with Gasteiger partial charge in [0.25, 0.3) is 5.91 Å². The number of nitrogens with zero attached hydrogens (tertiary/aromatic N) is 3. The number of amides is 1. The molecule has 0 heterocycles. The number of carbonyl (C=O) groups excluding carboxylic acids is 2. The van der Waals surface area contributed by atoms with Gasteiger partial charge in [-0.3, -0.25) is 9.59 Å². The molecule has 0 aliphatic heterocycles. The zero-order valence-electron chi connectivity index (χ0n) is 19.3. The van der Waals surface area contributed by atoms with E-state index < -0.39 is 23.2 Å². The van der Waals surface area contributed by atoms with Gasteiger partial charge in [0, 0.05) is 48.4 Å². The molecular formula is C22H35N5O4. The van der Waals surface area contributed by atoms with Gasteiger partial charge >= 0.3 is 0 Å². The lowest BCUT2D eigenvalue weighted by Gasteiger charge is -2.32. The number of benzene rings is 1. The first-order chi connectivity index (χ1) is 14.5. The van der Waals surface area contributed by atoms with Gasteiger partial charge in [-0.05, 0) is 53.7 Å². The molecule has 0 aliphatic rings. The van der Waals surface area contributed by atoms with E-state index in [1.807, 2.05) is 27.7 Å². The zero-order chi connectivity index (χ0) is 23.7. The molecule has 0 bridgehead atoms. The molecule has 0 fully saturated rings. The van der Waals surface area contributed by atoms with Crippen LogP contribution in [0.5, 0.6) is 0 Å². The number of nitrogens with one attached hydrogen (secondary N) is 2. The van der Waals surface area contributed by atoms with Crippen LogP contribution < -0.4 is 10.6 Å². The van der Waals surface area contributed by atoms with Gasteiger partial charge < -0.3 is 15.5 Å². The summed E-state index contributed by atoms with van der Waals surface area (Å²) in [6.07, 6.45) is 0.731. The van der Waals surface area contributed by atoms with E-state index in [4.69, 9.17) is 0 Å².